The zero-order valence-electron chi connectivity index (χ0n) is 11.6. The maximum Gasteiger partial charge on any atom is 0.267 e. The van der Waals surface area contributed by atoms with Gasteiger partial charge in [-0.05, 0) is 36.9 Å². The summed E-state index contributed by atoms with van der Waals surface area (Å²) in [5.74, 6) is 0.588. The highest BCUT2D eigenvalue weighted by molar-refractivity contribution is 6.35. The minimum Gasteiger partial charge on any atom is -0.330 e. The van der Waals surface area contributed by atoms with Crippen molar-refractivity contribution in [3.05, 3.63) is 68.7 Å². The third-order valence-corrected chi connectivity index (χ3v) is 3.90. The maximum absolute atomic E-state index is 12.9. The number of halogens is 2. The van der Waals surface area contributed by atoms with Crippen molar-refractivity contribution in [1.82, 2.24) is 9.55 Å². The molecule has 0 atom stereocenters. The van der Waals surface area contributed by atoms with Crippen LogP contribution in [0.2, 0.25) is 10.0 Å². The fourth-order valence-electron chi connectivity index (χ4n) is 2.41. The number of benzene rings is 2. The van der Waals surface area contributed by atoms with Crippen molar-refractivity contribution in [2.24, 2.45) is 5.73 Å². The fourth-order valence-corrected chi connectivity index (χ4v) is 2.85. The van der Waals surface area contributed by atoms with Gasteiger partial charge in [0, 0.05) is 11.4 Å². The van der Waals surface area contributed by atoms with Gasteiger partial charge in [0.2, 0.25) is 0 Å². The average Bonchev–Trinajstić information content (AvgIpc) is 2.47. The Labute approximate surface area is 137 Å². The molecule has 4 nitrogen and oxygen atoms in total. The number of nitrogens with two attached hydrogens (primary N) is 1. The van der Waals surface area contributed by atoms with Crippen LogP contribution in [0.5, 0.6) is 0 Å². The minimum atomic E-state index is -0.221. The molecule has 3 rings (SSSR count). The lowest BCUT2D eigenvalue weighted by Crippen LogP contribution is -2.25. The third-order valence-electron chi connectivity index (χ3n) is 3.35. The topological polar surface area (TPSA) is 60.9 Å². The highest BCUT2D eigenvalue weighted by Gasteiger charge is 2.14. The second-order valence-electron chi connectivity index (χ2n) is 4.82. The maximum atomic E-state index is 12.9. The summed E-state index contributed by atoms with van der Waals surface area (Å²) < 4.78 is 1.52. The number of fused-ring (bicyclic) bond motifs is 1. The zero-order valence-corrected chi connectivity index (χ0v) is 13.1. The molecule has 0 amide bonds. The van der Waals surface area contributed by atoms with Crippen molar-refractivity contribution in [2.45, 2.75) is 6.42 Å². The van der Waals surface area contributed by atoms with E-state index >= 15 is 0 Å². The van der Waals surface area contributed by atoms with E-state index in [1.165, 1.54) is 4.57 Å². The van der Waals surface area contributed by atoms with Crippen molar-refractivity contribution in [3.8, 4) is 5.69 Å². The molecule has 3 aromatic rings. The second kappa shape index (κ2) is 6.08. The van der Waals surface area contributed by atoms with Gasteiger partial charge < -0.3 is 5.73 Å². The monoisotopic (exact) mass is 333 g/mol. The van der Waals surface area contributed by atoms with E-state index in [9.17, 15) is 4.79 Å². The van der Waals surface area contributed by atoms with E-state index in [4.69, 9.17) is 28.9 Å². The highest BCUT2D eigenvalue weighted by atomic mass is 35.5. The van der Waals surface area contributed by atoms with Crippen molar-refractivity contribution < 1.29 is 0 Å². The molecule has 0 spiro atoms. The molecular formula is C16H13Cl2N3O. The molecule has 0 saturated heterocycles. The van der Waals surface area contributed by atoms with Crippen molar-refractivity contribution in [1.29, 1.82) is 0 Å². The second-order valence-corrected chi connectivity index (χ2v) is 5.66. The molecule has 2 N–H and O–H groups in total. The number of rotatable bonds is 3. The lowest BCUT2D eigenvalue weighted by molar-refractivity contribution is 0.796. The van der Waals surface area contributed by atoms with Crippen LogP contribution in [0.3, 0.4) is 0 Å². The molecule has 0 fully saturated rings. The molecule has 6 heteroatoms. The van der Waals surface area contributed by atoms with Gasteiger partial charge in [-0.1, -0.05) is 35.3 Å². The van der Waals surface area contributed by atoms with Crippen LogP contribution in [-0.4, -0.2) is 16.1 Å². The third kappa shape index (κ3) is 2.61. The van der Waals surface area contributed by atoms with E-state index in [0.717, 1.165) is 0 Å². The SMILES string of the molecule is NCCc1nc2cccc(Cl)c2c(=O)n1-c1cccc(Cl)c1. The van der Waals surface area contributed by atoms with Crippen LogP contribution in [-0.2, 0) is 6.42 Å². The Kier molecular flexibility index (Phi) is 4.16. The summed E-state index contributed by atoms with van der Waals surface area (Å²) in [6, 6.07) is 12.3. The number of aromatic nitrogens is 2. The van der Waals surface area contributed by atoms with Gasteiger partial charge in [-0.25, -0.2) is 4.98 Å². The van der Waals surface area contributed by atoms with E-state index < -0.39 is 0 Å². The van der Waals surface area contributed by atoms with Gasteiger partial charge in [-0.15, -0.1) is 0 Å². The number of nitrogens with zero attached hydrogens (tertiary/aromatic N) is 2. The molecular weight excluding hydrogens is 321 g/mol. The Morgan fingerprint density at radius 2 is 1.91 bits per heavy atom. The van der Waals surface area contributed by atoms with E-state index in [-0.39, 0.29) is 5.56 Å². The van der Waals surface area contributed by atoms with Crippen LogP contribution in [0.4, 0.5) is 0 Å². The van der Waals surface area contributed by atoms with E-state index in [2.05, 4.69) is 4.98 Å². The summed E-state index contributed by atoms with van der Waals surface area (Å²) in [5.41, 5.74) is 6.65. The average molecular weight is 334 g/mol. The first-order valence-corrected chi connectivity index (χ1v) is 7.53. The first kappa shape index (κ1) is 15.0. The lowest BCUT2D eigenvalue weighted by Gasteiger charge is -2.14. The zero-order chi connectivity index (χ0) is 15.7. The molecule has 1 heterocycles. The molecule has 0 bridgehead atoms. The molecule has 1 aromatic heterocycles. The quantitative estimate of drug-likeness (QED) is 0.800. The van der Waals surface area contributed by atoms with Crippen LogP contribution in [0.15, 0.2) is 47.3 Å². The molecule has 112 valence electrons. The molecule has 2 aromatic carbocycles. The van der Waals surface area contributed by atoms with Gasteiger partial charge in [0.15, 0.2) is 0 Å². The lowest BCUT2D eigenvalue weighted by atomic mass is 10.2. The predicted molar refractivity (Wildman–Crippen MR) is 90.1 cm³/mol. The van der Waals surface area contributed by atoms with Gasteiger partial charge in [0.1, 0.15) is 5.82 Å². The smallest absolute Gasteiger partial charge is 0.267 e. The number of hydrogen-bond donors (Lipinski definition) is 1. The van der Waals surface area contributed by atoms with Gasteiger partial charge in [-0.3, -0.25) is 9.36 Å². The predicted octanol–water partition coefficient (Wildman–Crippen LogP) is 3.19. The summed E-state index contributed by atoms with van der Waals surface area (Å²) in [5, 5.41) is 1.32. The van der Waals surface area contributed by atoms with Crippen molar-refractivity contribution in [2.75, 3.05) is 6.54 Å². The van der Waals surface area contributed by atoms with E-state index in [1.807, 2.05) is 0 Å². The first-order valence-electron chi connectivity index (χ1n) is 6.78. The fraction of sp³-hybridized carbons (Fsp3) is 0.125. The Balaban J connectivity index is 2.41. The highest BCUT2D eigenvalue weighted by Crippen LogP contribution is 2.21. The summed E-state index contributed by atoms with van der Waals surface area (Å²) >= 11 is 12.2. The molecule has 22 heavy (non-hydrogen) atoms. The van der Waals surface area contributed by atoms with Crippen molar-refractivity contribution in [3.63, 3.8) is 0 Å². The molecule has 0 aliphatic rings. The van der Waals surface area contributed by atoms with Crippen LogP contribution in [0.25, 0.3) is 16.6 Å². The summed E-state index contributed by atoms with van der Waals surface area (Å²) in [6.45, 7) is 0.388. The van der Waals surface area contributed by atoms with Crippen LogP contribution >= 0.6 is 23.2 Å². The molecule has 0 aliphatic heterocycles. The van der Waals surface area contributed by atoms with Gasteiger partial charge in [0.05, 0.1) is 21.6 Å². The van der Waals surface area contributed by atoms with E-state index in [0.29, 0.717) is 45.4 Å². The summed E-state index contributed by atoms with van der Waals surface area (Å²) in [4.78, 5) is 17.5. The summed E-state index contributed by atoms with van der Waals surface area (Å²) in [6.07, 6.45) is 0.476. The molecule has 0 radical (unpaired) electrons. The van der Waals surface area contributed by atoms with Gasteiger partial charge >= 0.3 is 0 Å². The number of hydrogen-bond acceptors (Lipinski definition) is 3. The summed E-state index contributed by atoms with van der Waals surface area (Å²) in [7, 11) is 0. The Morgan fingerprint density at radius 1 is 1.14 bits per heavy atom. The Hall–Kier alpha value is -1.88. The van der Waals surface area contributed by atoms with E-state index in [1.54, 1.807) is 42.5 Å². The van der Waals surface area contributed by atoms with Gasteiger partial charge in [-0.2, -0.15) is 0 Å². The first-order chi connectivity index (χ1) is 10.6. The van der Waals surface area contributed by atoms with Crippen LogP contribution in [0, 0.1) is 0 Å². The normalized spacial score (nSPS) is 11.0. The largest absolute Gasteiger partial charge is 0.330 e. The molecule has 0 unspecified atom stereocenters. The molecule has 0 aliphatic carbocycles. The van der Waals surface area contributed by atoms with Crippen LogP contribution in [0.1, 0.15) is 5.82 Å². The minimum absolute atomic E-state index is 0.221. The van der Waals surface area contributed by atoms with Crippen LogP contribution < -0.4 is 11.3 Å². The van der Waals surface area contributed by atoms with Gasteiger partial charge in [0.25, 0.3) is 5.56 Å². The Morgan fingerprint density at radius 3 is 2.64 bits per heavy atom. The van der Waals surface area contributed by atoms with Crippen molar-refractivity contribution >= 4 is 34.1 Å². The molecule has 0 saturated carbocycles. The Bertz CT molecular complexity index is 906. The standard InChI is InChI=1S/C16H13Cl2N3O/c17-10-3-1-4-11(9-10)21-14(7-8-19)20-13-6-2-5-12(18)15(13)16(21)22/h1-6,9H,7-8,19H2.